The zero-order valence-corrected chi connectivity index (χ0v) is 12.3. The molecule has 0 aliphatic heterocycles. The number of imidazole rings is 1. The Balaban J connectivity index is 1.97. The Morgan fingerprint density at radius 2 is 1.95 bits per heavy atom. The molecule has 0 amide bonds. The van der Waals surface area contributed by atoms with Gasteiger partial charge in [-0.3, -0.25) is 0 Å². The fourth-order valence-corrected chi connectivity index (χ4v) is 2.48. The molecule has 0 radical (unpaired) electrons. The van der Waals surface area contributed by atoms with Crippen LogP contribution in [-0.2, 0) is 6.54 Å². The molecule has 0 fully saturated rings. The van der Waals surface area contributed by atoms with Crippen molar-refractivity contribution in [1.29, 1.82) is 0 Å². The standard InChI is InChI=1S/C15H10Cl2N2O2/c16-11-3-1-9(5-12(11)17)7-19-8-18-13-6-10(15(20)21)2-4-14(13)19/h1-6,8H,7H2,(H,20,21). The molecule has 21 heavy (non-hydrogen) atoms. The van der Waals surface area contributed by atoms with Crippen LogP contribution in [0.25, 0.3) is 11.0 Å². The van der Waals surface area contributed by atoms with Crippen molar-refractivity contribution >= 4 is 40.2 Å². The third kappa shape index (κ3) is 2.73. The first-order valence-corrected chi connectivity index (χ1v) is 6.92. The average Bonchev–Trinajstić information content (AvgIpc) is 2.85. The van der Waals surface area contributed by atoms with Crippen LogP contribution in [0.3, 0.4) is 0 Å². The minimum Gasteiger partial charge on any atom is -0.478 e. The van der Waals surface area contributed by atoms with Crippen molar-refractivity contribution in [2.75, 3.05) is 0 Å². The van der Waals surface area contributed by atoms with Crippen LogP contribution in [0.2, 0.25) is 10.0 Å². The molecule has 0 saturated heterocycles. The molecule has 2 aromatic carbocycles. The molecule has 0 saturated carbocycles. The number of carbonyl (C=O) groups is 1. The Hall–Kier alpha value is -2.04. The van der Waals surface area contributed by atoms with Crippen LogP contribution in [0, 0.1) is 0 Å². The van der Waals surface area contributed by atoms with Gasteiger partial charge >= 0.3 is 5.97 Å². The van der Waals surface area contributed by atoms with E-state index in [1.54, 1.807) is 36.7 Å². The number of fused-ring (bicyclic) bond motifs is 1. The highest BCUT2D eigenvalue weighted by atomic mass is 35.5. The van der Waals surface area contributed by atoms with Crippen LogP contribution in [-0.4, -0.2) is 20.6 Å². The molecule has 1 N–H and O–H groups in total. The molecule has 0 bridgehead atoms. The number of nitrogens with zero attached hydrogens (tertiary/aromatic N) is 2. The van der Waals surface area contributed by atoms with Gasteiger partial charge in [0.1, 0.15) is 0 Å². The van der Waals surface area contributed by atoms with Crippen LogP contribution in [0.5, 0.6) is 0 Å². The Morgan fingerprint density at radius 1 is 1.14 bits per heavy atom. The predicted octanol–water partition coefficient (Wildman–Crippen LogP) is 4.09. The molecule has 0 spiro atoms. The molecule has 106 valence electrons. The van der Waals surface area contributed by atoms with Gasteiger partial charge in [-0.25, -0.2) is 9.78 Å². The topological polar surface area (TPSA) is 55.1 Å². The van der Waals surface area contributed by atoms with E-state index in [-0.39, 0.29) is 5.56 Å². The van der Waals surface area contributed by atoms with Gasteiger partial charge in [0.05, 0.1) is 33.0 Å². The summed E-state index contributed by atoms with van der Waals surface area (Å²) in [7, 11) is 0. The molecule has 1 heterocycles. The molecule has 6 heteroatoms. The molecule has 0 aliphatic carbocycles. The largest absolute Gasteiger partial charge is 0.478 e. The van der Waals surface area contributed by atoms with Gasteiger partial charge in [0.2, 0.25) is 0 Å². The average molecular weight is 321 g/mol. The van der Waals surface area contributed by atoms with Crippen molar-refractivity contribution in [3.8, 4) is 0 Å². The Bertz CT molecular complexity index is 843. The lowest BCUT2D eigenvalue weighted by molar-refractivity contribution is 0.0697. The van der Waals surface area contributed by atoms with Gasteiger partial charge in [-0.05, 0) is 35.9 Å². The van der Waals surface area contributed by atoms with Crippen LogP contribution in [0.4, 0.5) is 0 Å². The Morgan fingerprint density at radius 3 is 2.67 bits per heavy atom. The molecule has 0 atom stereocenters. The monoisotopic (exact) mass is 320 g/mol. The number of aromatic carboxylic acids is 1. The van der Waals surface area contributed by atoms with Gasteiger partial charge in [-0.15, -0.1) is 0 Å². The second kappa shape index (κ2) is 5.39. The van der Waals surface area contributed by atoms with E-state index in [1.807, 2.05) is 10.6 Å². The van der Waals surface area contributed by atoms with Crippen LogP contribution in [0.1, 0.15) is 15.9 Å². The maximum absolute atomic E-state index is 11.0. The summed E-state index contributed by atoms with van der Waals surface area (Å²) in [6.45, 7) is 0.583. The fourth-order valence-electron chi connectivity index (χ4n) is 2.16. The SMILES string of the molecule is O=C(O)c1ccc2c(c1)ncn2Cc1ccc(Cl)c(Cl)c1. The molecular formula is C15H10Cl2N2O2. The van der Waals surface area contributed by atoms with Crippen molar-refractivity contribution in [3.63, 3.8) is 0 Å². The number of hydrogen-bond acceptors (Lipinski definition) is 2. The van der Waals surface area contributed by atoms with E-state index in [0.29, 0.717) is 22.1 Å². The highest BCUT2D eigenvalue weighted by Gasteiger charge is 2.08. The number of hydrogen-bond donors (Lipinski definition) is 1. The van der Waals surface area contributed by atoms with Gasteiger partial charge in [0.25, 0.3) is 0 Å². The summed E-state index contributed by atoms with van der Waals surface area (Å²) >= 11 is 11.9. The van der Waals surface area contributed by atoms with Gasteiger partial charge in [0, 0.05) is 6.54 Å². The molecule has 0 aliphatic rings. The predicted molar refractivity (Wildman–Crippen MR) is 82.3 cm³/mol. The maximum Gasteiger partial charge on any atom is 0.335 e. The molecule has 4 nitrogen and oxygen atoms in total. The first-order chi connectivity index (χ1) is 10.0. The normalized spacial score (nSPS) is 11.0. The minimum atomic E-state index is -0.962. The zero-order chi connectivity index (χ0) is 15.0. The van der Waals surface area contributed by atoms with E-state index in [9.17, 15) is 4.79 Å². The number of carboxylic acids is 1. The zero-order valence-electron chi connectivity index (χ0n) is 10.8. The lowest BCUT2D eigenvalue weighted by atomic mass is 10.2. The Labute approximate surface area is 130 Å². The molecule has 3 rings (SSSR count). The van der Waals surface area contributed by atoms with Crippen LogP contribution < -0.4 is 0 Å². The van der Waals surface area contributed by atoms with E-state index in [1.165, 1.54) is 0 Å². The molecule has 3 aromatic rings. The van der Waals surface area contributed by atoms with Crippen molar-refractivity contribution < 1.29 is 9.90 Å². The third-order valence-electron chi connectivity index (χ3n) is 3.20. The quantitative estimate of drug-likeness (QED) is 0.790. The smallest absolute Gasteiger partial charge is 0.335 e. The number of rotatable bonds is 3. The lowest BCUT2D eigenvalue weighted by Crippen LogP contribution is -1.99. The summed E-state index contributed by atoms with van der Waals surface area (Å²) in [6, 6.07) is 10.3. The minimum absolute atomic E-state index is 0.224. The van der Waals surface area contributed by atoms with Crippen LogP contribution >= 0.6 is 23.2 Å². The van der Waals surface area contributed by atoms with Gasteiger partial charge in [-0.2, -0.15) is 0 Å². The maximum atomic E-state index is 11.0. The van der Waals surface area contributed by atoms with Crippen molar-refractivity contribution in [2.24, 2.45) is 0 Å². The van der Waals surface area contributed by atoms with E-state index in [0.717, 1.165) is 11.1 Å². The van der Waals surface area contributed by atoms with Gasteiger partial charge in [0.15, 0.2) is 0 Å². The number of carboxylic acid groups (broad SMARTS) is 1. The Kier molecular flexibility index (Phi) is 3.57. The van der Waals surface area contributed by atoms with E-state index < -0.39 is 5.97 Å². The summed E-state index contributed by atoms with van der Waals surface area (Å²) in [4.78, 5) is 15.2. The number of halogens is 2. The molecule has 1 aromatic heterocycles. The fraction of sp³-hybridized carbons (Fsp3) is 0.0667. The summed E-state index contributed by atoms with van der Waals surface area (Å²) < 4.78 is 1.93. The van der Waals surface area contributed by atoms with Crippen molar-refractivity contribution in [1.82, 2.24) is 9.55 Å². The third-order valence-corrected chi connectivity index (χ3v) is 3.94. The first-order valence-electron chi connectivity index (χ1n) is 6.17. The van der Waals surface area contributed by atoms with Crippen molar-refractivity contribution in [3.05, 3.63) is 63.9 Å². The van der Waals surface area contributed by atoms with Crippen molar-refractivity contribution in [2.45, 2.75) is 6.54 Å². The summed E-state index contributed by atoms with van der Waals surface area (Å²) in [5, 5.41) is 10.0. The second-order valence-electron chi connectivity index (χ2n) is 4.63. The molecule has 0 unspecified atom stereocenters. The van der Waals surface area contributed by atoms with E-state index in [2.05, 4.69) is 4.98 Å². The summed E-state index contributed by atoms with van der Waals surface area (Å²) in [6.07, 6.45) is 1.68. The van der Waals surface area contributed by atoms with E-state index in [4.69, 9.17) is 28.3 Å². The summed E-state index contributed by atoms with van der Waals surface area (Å²) in [5.41, 5.74) is 2.73. The summed E-state index contributed by atoms with van der Waals surface area (Å²) in [5.74, 6) is -0.962. The number of aromatic nitrogens is 2. The lowest BCUT2D eigenvalue weighted by Gasteiger charge is -2.06. The molecular weight excluding hydrogens is 311 g/mol. The highest BCUT2D eigenvalue weighted by Crippen LogP contribution is 2.24. The van der Waals surface area contributed by atoms with Crippen LogP contribution in [0.15, 0.2) is 42.7 Å². The van der Waals surface area contributed by atoms with E-state index >= 15 is 0 Å². The van der Waals surface area contributed by atoms with Gasteiger partial charge in [-0.1, -0.05) is 29.3 Å². The first kappa shape index (κ1) is 13.9. The second-order valence-corrected chi connectivity index (χ2v) is 5.44. The highest BCUT2D eigenvalue weighted by molar-refractivity contribution is 6.42. The van der Waals surface area contributed by atoms with Gasteiger partial charge < -0.3 is 9.67 Å². The number of benzene rings is 2.